The number of benzene rings is 1. The van der Waals surface area contributed by atoms with E-state index in [0.29, 0.717) is 0 Å². The van der Waals surface area contributed by atoms with Gasteiger partial charge in [0.15, 0.2) is 12.4 Å². The number of nitro groups is 1. The molecule has 1 amide bonds. The second kappa shape index (κ2) is 6.98. The number of carbonyl (C=O) groups is 3. The predicted molar refractivity (Wildman–Crippen MR) is 67.1 cm³/mol. The number of carbonyl (C=O) groups excluding carboxylic acids is 3. The Kier molecular flexibility index (Phi) is 5.33. The van der Waals surface area contributed by atoms with Gasteiger partial charge in [-0.15, -0.1) is 0 Å². The molecule has 1 rings (SSSR count). The molecule has 0 fully saturated rings. The monoisotopic (exact) mass is 280 g/mol. The number of nitrogens with zero attached hydrogens (tertiary/aromatic N) is 1. The quantitative estimate of drug-likeness (QED) is 0.350. The molecule has 8 heteroatoms. The number of non-ortho nitro benzene ring substituents is 1. The fraction of sp³-hybridized carbons (Fsp3) is 0.250. The van der Waals surface area contributed by atoms with Gasteiger partial charge in [-0.2, -0.15) is 0 Å². The fourth-order valence-corrected chi connectivity index (χ4v) is 1.25. The maximum atomic E-state index is 11.6. The highest BCUT2D eigenvalue weighted by Gasteiger charge is 2.12. The first-order valence-electron chi connectivity index (χ1n) is 5.58. The highest BCUT2D eigenvalue weighted by atomic mass is 16.6. The molecule has 0 saturated heterocycles. The Labute approximate surface area is 113 Å². The fourth-order valence-electron chi connectivity index (χ4n) is 1.25. The molecule has 0 spiro atoms. The number of rotatable bonds is 6. The van der Waals surface area contributed by atoms with E-state index in [2.05, 4.69) is 10.1 Å². The predicted octanol–water partition coefficient (Wildman–Crippen LogP) is 0.457. The Morgan fingerprint density at radius 2 is 1.85 bits per heavy atom. The molecule has 8 nitrogen and oxygen atoms in total. The number of ketones is 1. The first-order valence-corrected chi connectivity index (χ1v) is 5.58. The summed E-state index contributed by atoms with van der Waals surface area (Å²) in [6.07, 6.45) is 0. The summed E-state index contributed by atoms with van der Waals surface area (Å²) < 4.78 is 4.65. The standard InChI is InChI=1S/C12H12N2O6/c1-8(15)13-6-12(17)20-7-11(16)9-2-4-10(5-3-9)14(18)19/h2-5H,6-7H2,1H3,(H,13,15). The van der Waals surface area contributed by atoms with E-state index in [1.807, 2.05) is 0 Å². The smallest absolute Gasteiger partial charge is 0.325 e. The molecule has 0 aliphatic heterocycles. The maximum absolute atomic E-state index is 11.6. The van der Waals surface area contributed by atoms with Gasteiger partial charge >= 0.3 is 5.97 Å². The molecule has 20 heavy (non-hydrogen) atoms. The summed E-state index contributed by atoms with van der Waals surface area (Å²) in [5.74, 6) is -1.62. The maximum Gasteiger partial charge on any atom is 0.325 e. The minimum atomic E-state index is -0.740. The van der Waals surface area contributed by atoms with Crippen LogP contribution >= 0.6 is 0 Å². The van der Waals surface area contributed by atoms with E-state index < -0.39 is 23.3 Å². The van der Waals surface area contributed by atoms with Crippen LogP contribution in [-0.4, -0.2) is 35.7 Å². The van der Waals surface area contributed by atoms with Crippen LogP contribution in [0.4, 0.5) is 5.69 Å². The van der Waals surface area contributed by atoms with Gasteiger partial charge in [0.05, 0.1) is 4.92 Å². The van der Waals surface area contributed by atoms with Crippen LogP contribution in [0, 0.1) is 10.1 Å². The van der Waals surface area contributed by atoms with E-state index in [0.717, 1.165) is 0 Å². The highest BCUT2D eigenvalue weighted by molar-refractivity contribution is 5.98. The minimum absolute atomic E-state index is 0.135. The van der Waals surface area contributed by atoms with E-state index in [-0.39, 0.29) is 23.7 Å². The van der Waals surface area contributed by atoms with Crippen molar-refractivity contribution in [3.8, 4) is 0 Å². The SMILES string of the molecule is CC(=O)NCC(=O)OCC(=O)c1ccc([N+](=O)[O-])cc1. The van der Waals surface area contributed by atoms with Crippen molar-refractivity contribution < 1.29 is 24.0 Å². The number of nitro benzene ring substituents is 1. The van der Waals surface area contributed by atoms with Crippen molar-refractivity contribution in [3.63, 3.8) is 0 Å². The van der Waals surface area contributed by atoms with E-state index in [9.17, 15) is 24.5 Å². The molecule has 1 aromatic carbocycles. The van der Waals surface area contributed by atoms with Crippen LogP contribution in [0.5, 0.6) is 0 Å². The molecule has 0 atom stereocenters. The summed E-state index contributed by atoms with van der Waals surface area (Å²) in [5, 5.41) is 12.7. The van der Waals surface area contributed by atoms with Crippen LogP contribution in [0.2, 0.25) is 0 Å². The first-order chi connectivity index (χ1) is 9.40. The third-order valence-electron chi connectivity index (χ3n) is 2.25. The third-order valence-corrected chi connectivity index (χ3v) is 2.25. The van der Waals surface area contributed by atoms with Crippen molar-refractivity contribution in [2.45, 2.75) is 6.92 Å². The molecule has 1 aromatic rings. The Bertz CT molecular complexity index is 537. The Morgan fingerprint density at radius 3 is 2.35 bits per heavy atom. The zero-order chi connectivity index (χ0) is 15.1. The molecule has 0 aromatic heterocycles. The van der Waals surface area contributed by atoms with Crippen LogP contribution < -0.4 is 5.32 Å². The summed E-state index contributed by atoms with van der Waals surface area (Å²) in [5.41, 5.74) is 0.0622. The number of hydrogen-bond donors (Lipinski definition) is 1. The number of amides is 1. The second-order valence-corrected chi connectivity index (χ2v) is 3.80. The zero-order valence-electron chi connectivity index (χ0n) is 10.6. The number of ether oxygens (including phenoxy) is 1. The van der Waals surface area contributed by atoms with E-state index >= 15 is 0 Å². The van der Waals surface area contributed by atoms with Gasteiger partial charge in [0.1, 0.15) is 6.54 Å². The number of nitrogens with one attached hydrogen (secondary N) is 1. The average molecular weight is 280 g/mol. The van der Waals surface area contributed by atoms with Gasteiger partial charge in [-0.25, -0.2) is 0 Å². The summed E-state index contributed by atoms with van der Waals surface area (Å²) in [6, 6.07) is 4.93. The summed E-state index contributed by atoms with van der Waals surface area (Å²) in [4.78, 5) is 43.2. The first kappa shape index (κ1) is 15.3. The molecule has 0 aliphatic carbocycles. The third kappa shape index (κ3) is 4.84. The van der Waals surface area contributed by atoms with Crippen molar-refractivity contribution in [1.82, 2.24) is 5.32 Å². The molecule has 106 valence electrons. The van der Waals surface area contributed by atoms with E-state index in [1.165, 1.54) is 31.2 Å². The molecule has 0 aliphatic rings. The Hall–Kier alpha value is -2.77. The normalized spacial score (nSPS) is 9.65. The number of hydrogen-bond acceptors (Lipinski definition) is 6. The van der Waals surface area contributed by atoms with Crippen molar-refractivity contribution in [1.29, 1.82) is 0 Å². The van der Waals surface area contributed by atoms with Crippen LogP contribution in [-0.2, 0) is 14.3 Å². The van der Waals surface area contributed by atoms with Crippen molar-refractivity contribution in [2.75, 3.05) is 13.2 Å². The minimum Gasteiger partial charge on any atom is -0.456 e. The lowest BCUT2D eigenvalue weighted by Gasteiger charge is -2.04. The average Bonchev–Trinajstić information content (AvgIpc) is 2.42. The molecular weight excluding hydrogens is 268 g/mol. The summed E-state index contributed by atoms with van der Waals surface area (Å²) in [7, 11) is 0. The largest absolute Gasteiger partial charge is 0.456 e. The van der Waals surface area contributed by atoms with Crippen LogP contribution in [0.15, 0.2) is 24.3 Å². The van der Waals surface area contributed by atoms with Crippen molar-refractivity contribution in [3.05, 3.63) is 39.9 Å². The van der Waals surface area contributed by atoms with Gasteiger partial charge in [0.2, 0.25) is 5.91 Å². The van der Waals surface area contributed by atoms with Gasteiger partial charge in [-0.1, -0.05) is 0 Å². The summed E-state index contributed by atoms with van der Waals surface area (Å²) >= 11 is 0. The van der Waals surface area contributed by atoms with E-state index in [4.69, 9.17) is 0 Å². The lowest BCUT2D eigenvalue weighted by molar-refractivity contribution is -0.384. The lowest BCUT2D eigenvalue weighted by atomic mass is 10.1. The van der Waals surface area contributed by atoms with Crippen LogP contribution in [0.1, 0.15) is 17.3 Å². The Morgan fingerprint density at radius 1 is 1.25 bits per heavy atom. The van der Waals surface area contributed by atoms with Gasteiger partial charge in [0, 0.05) is 24.6 Å². The molecule has 0 unspecified atom stereocenters. The zero-order valence-corrected chi connectivity index (χ0v) is 10.6. The molecule has 1 N–H and O–H groups in total. The Balaban J connectivity index is 2.48. The molecule has 0 radical (unpaired) electrons. The molecule has 0 bridgehead atoms. The number of Topliss-reactive ketones (excluding diaryl/α,β-unsaturated/α-hetero) is 1. The summed E-state index contributed by atoms with van der Waals surface area (Å²) in [6.45, 7) is 0.439. The van der Waals surface area contributed by atoms with Crippen LogP contribution in [0.25, 0.3) is 0 Å². The van der Waals surface area contributed by atoms with Crippen LogP contribution in [0.3, 0.4) is 0 Å². The number of esters is 1. The highest BCUT2D eigenvalue weighted by Crippen LogP contribution is 2.12. The topological polar surface area (TPSA) is 116 Å². The van der Waals surface area contributed by atoms with E-state index in [1.54, 1.807) is 0 Å². The van der Waals surface area contributed by atoms with Crippen molar-refractivity contribution >= 4 is 23.3 Å². The van der Waals surface area contributed by atoms with Crippen molar-refractivity contribution in [2.24, 2.45) is 0 Å². The molecule has 0 saturated carbocycles. The van der Waals surface area contributed by atoms with Gasteiger partial charge in [0.25, 0.3) is 5.69 Å². The van der Waals surface area contributed by atoms with Gasteiger partial charge < -0.3 is 10.1 Å². The molecular formula is C12H12N2O6. The van der Waals surface area contributed by atoms with Gasteiger partial charge in [-0.05, 0) is 12.1 Å². The molecule has 0 heterocycles. The van der Waals surface area contributed by atoms with Gasteiger partial charge in [-0.3, -0.25) is 24.5 Å². The second-order valence-electron chi connectivity index (χ2n) is 3.80. The lowest BCUT2D eigenvalue weighted by Crippen LogP contribution is -2.29.